The summed E-state index contributed by atoms with van der Waals surface area (Å²) >= 11 is 0. The predicted octanol–water partition coefficient (Wildman–Crippen LogP) is 1.38. The minimum atomic E-state index is -0.761. The van der Waals surface area contributed by atoms with Crippen LogP contribution in [0.5, 0.6) is 0 Å². The normalized spacial score (nSPS) is 27.6. The number of nitrogens with one attached hydrogen (secondary N) is 2. The molecule has 1 saturated carbocycles. The highest BCUT2D eigenvalue weighted by Gasteiger charge is 2.47. The zero-order chi connectivity index (χ0) is 20.3. The largest absolute Gasteiger partial charge is 0.369 e. The van der Waals surface area contributed by atoms with Crippen LogP contribution in [0.15, 0.2) is 28.1 Å². The van der Waals surface area contributed by atoms with Gasteiger partial charge in [0.25, 0.3) is 11.8 Å². The van der Waals surface area contributed by atoms with Gasteiger partial charge in [-0.2, -0.15) is 0 Å². The fraction of sp³-hybridized carbons (Fsp3) is 0.600. The summed E-state index contributed by atoms with van der Waals surface area (Å²) in [5, 5.41) is 3.07. The van der Waals surface area contributed by atoms with Crippen LogP contribution in [0.4, 0.5) is 0 Å². The molecule has 4 N–H and O–H groups in total. The maximum atomic E-state index is 12.8. The van der Waals surface area contributed by atoms with E-state index < -0.39 is 5.54 Å². The second-order valence-corrected chi connectivity index (χ2v) is 7.96. The van der Waals surface area contributed by atoms with Crippen molar-refractivity contribution in [2.75, 3.05) is 7.05 Å². The fourth-order valence-corrected chi connectivity index (χ4v) is 4.48. The van der Waals surface area contributed by atoms with Crippen molar-refractivity contribution in [1.82, 2.24) is 15.2 Å². The standard InChI is InChI=1S/C20H29N5O3/c1-3-9-20(18(28)25(2)19(21)24-20)11-13-5-4-6-15(10-13)23-17(27)14-7-8-16(26)22-12-14/h7-8,12-13,15H,3-6,9-11H2,1-2H3,(H2,21,24)(H,22,26)(H,23,27)/t13-,15+,20+/m0/s1. The van der Waals surface area contributed by atoms with Crippen molar-refractivity contribution in [1.29, 1.82) is 0 Å². The molecule has 152 valence electrons. The number of aromatic nitrogens is 1. The van der Waals surface area contributed by atoms with Crippen molar-refractivity contribution < 1.29 is 9.59 Å². The van der Waals surface area contributed by atoms with Gasteiger partial charge in [0.05, 0.1) is 5.56 Å². The zero-order valence-electron chi connectivity index (χ0n) is 16.5. The van der Waals surface area contributed by atoms with E-state index in [9.17, 15) is 14.4 Å². The molecule has 8 heteroatoms. The third-order valence-corrected chi connectivity index (χ3v) is 5.83. The van der Waals surface area contributed by atoms with Crippen LogP contribution in [0.1, 0.15) is 62.2 Å². The highest BCUT2D eigenvalue weighted by molar-refractivity contribution is 6.06. The Balaban J connectivity index is 1.66. The first-order valence-electron chi connectivity index (χ1n) is 9.97. The van der Waals surface area contributed by atoms with Gasteiger partial charge in [0, 0.05) is 25.4 Å². The number of guanidine groups is 1. The van der Waals surface area contributed by atoms with E-state index in [2.05, 4.69) is 15.3 Å². The molecule has 0 aromatic carbocycles. The summed E-state index contributed by atoms with van der Waals surface area (Å²) in [7, 11) is 1.67. The van der Waals surface area contributed by atoms with Crippen LogP contribution in [0.2, 0.25) is 0 Å². The van der Waals surface area contributed by atoms with Gasteiger partial charge >= 0.3 is 0 Å². The highest BCUT2D eigenvalue weighted by atomic mass is 16.2. The van der Waals surface area contributed by atoms with Crippen molar-refractivity contribution in [2.45, 2.75) is 63.5 Å². The molecule has 1 aliphatic heterocycles. The topological polar surface area (TPSA) is 121 Å². The lowest BCUT2D eigenvalue weighted by Crippen LogP contribution is -2.45. The van der Waals surface area contributed by atoms with Gasteiger partial charge in [-0.25, -0.2) is 4.99 Å². The summed E-state index contributed by atoms with van der Waals surface area (Å²) in [6.07, 6.45) is 7.36. The molecule has 0 unspecified atom stereocenters. The van der Waals surface area contributed by atoms with Gasteiger partial charge in [-0.15, -0.1) is 0 Å². The SMILES string of the molecule is CCC[C@]1(C[C@H]2CCC[C@@H](NC(=O)c3ccc(=O)[nH]c3)C2)N=C(N)N(C)C1=O. The maximum Gasteiger partial charge on any atom is 0.257 e. The molecular weight excluding hydrogens is 358 g/mol. The Morgan fingerprint density at radius 1 is 1.39 bits per heavy atom. The van der Waals surface area contributed by atoms with Crippen LogP contribution in [-0.4, -0.2) is 46.3 Å². The number of likely N-dealkylation sites (N-methyl/N-ethyl adjacent to an activating group) is 1. The number of nitrogens with zero attached hydrogens (tertiary/aromatic N) is 2. The van der Waals surface area contributed by atoms with E-state index in [1.807, 2.05) is 6.92 Å². The lowest BCUT2D eigenvalue weighted by Gasteiger charge is -2.34. The molecule has 0 radical (unpaired) electrons. The molecule has 0 spiro atoms. The van der Waals surface area contributed by atoms with Crippen LogP contribution in [0.25, 0.3) is 0 Å². The molecular formula is C20H29N5O3. The summed E-state index contributed by atoms with van der Waals surface area (Å²) < 4.78 is 0. The Bertz CT molecular complexity index is 813. The molecule has 2 amide bonds. The molecule has 2 aliphatic rings. The van der Waals surface area contributed by atoms with Crippen molar-refractivity contribution >= 4 is 17.8 Å². The van der Waals surface area contributed by atoms with Crippen molar-refractivity contribution in [3.8, 4) is 0 Å². The Morgan fingerprint density at radius 2 is 2.18 bits per heavy atom. The third-order valence-electron chi connectivity index (χ3n) is 5.83. The van der Waals surface area contributed by atoms with Gasteiger partial charge < -0.3 is 16.0 Å². The van der Waals surface area contributed by atoms with Crippen LogP contribution in [0.3, 0.4) is 0 Å². The molecule has 28 heavy (non-hydrogen) atoms. The first-order valence-corrected chi connectivity index (χ1v) is 9.97. The van der Waals surface area contributed by atoms with Gasteiger partial charge in [-0.05, 0) is 37.7 Å². The average Bonchev–Trinajstić information content (AvgIpc) is 2.86. The van der Waals surface area contributed by atoms with Crippen molar-refractivity contribution in [3.05, 3.63) is 34.2 Å². The minimum Gasteiger partial charge on any atom is -0.369 e. The van der Waals surface area contributed by atoms with Crippen LogP contribution in [-0.2, 0) is 4.79 Å². The number of H-pyrrole nitrogens is 1. The number of aromatic amines is 1. The monoisotopic (exact) mass is 387 g/mol. The van der Waals surface area contributed by atoms with Gasteiger partial charge in [0.15, 0.2) is 5.96 Å². The summed E-state index contributed by atoms with van der Waals surface area (Å²) in [5.74, 6) is 0.376. The first kappa shape index (κ1) is 20.1. The molecule has 3 atom stereocenters. The Morgan fingerprint density at radius 3 is 2.79 bits per heavy atom. The molecule has 3 rings (SSSR count). The van der Waals surface area contributed by atoms with Crippen LogP contribution in [0, 0.1) is 5.92 Å². The number of pyridine rings is 1. The van der Waals surface area contributed by atoms with E-state index in [0.717, 1.165) is 32.1 Å². The zero-order valence-corrected chi connectivity index (χ0v) is 16.5. The van der Waals surface area contributed by atoms with Gasteiger partial charge in [0.1, 0.15) is 5.54 Å². The van der Waals surface area contributed by atoms with E-state index in [4.69, 9.17) is 5.73 Å². The predicted molar refractivity (Wildman–Crippen MR) is 107 cm³/mol. The lowest BCUT2D eigenvalue weighted by molar-refractivity contribution is -0.131. The number of carbonyl (C=O) groups excluding carboxylic acids is 2. The molecule has 1 fully saturated rings. The van der Waals surface area contributed by atoms with E-state index >= 15 is 0 Å². The Kier molecular flexibility index (Phi) is 5.86. The number of carbonyl (C=O) groups is 2. The van der Waals surface area contributed by atoms with E-state index in [1.165, 1.54) is 23.2 Å². The molecule has 2 heterocycles. The maximum absolute atomic E-state index is 12.8. The summed E-state index contributed by atoms with van der Waals surface area (Å²) in [6.45, 7) is 2.05. The van der Waals surface area contributed by atoms with Gasteiger partial charge in [-0.1, -0.05) is 26.2 Å². The smallest absolute Gasteiger partial charge is 0.257 e. The molecule has 1 aromatic heterocycles. The van der Waals surface area contributed by atoms with Gasteiger partial charge in [-0.3, -0.25) is 19.3 Å². The molecule has 1 aliphatic carbocycles. The molecule has 8 nitrogen and oxygen atoms in total. The number of hydrogen-bond acceptors (Lipinski definition) is 5. The first-order chi connectivity index (χ1) is 13.3. The Hall–Kier alpha value is -2.64. The minimum absolute atomic E-state index is 0.0220. The quantitative estimate of drug-likeness (QED) is 0.683. The fourth-order valence-electron chi connectivity index (χ4n) is 4.48. The van der Waals surface area contributed by atoms with Gasteiger partial charge in [0.2, 0.25) is 5.56 Å². The average molecular weight is 387 g/mol. The van der Waals surface area contributed by atoms with Crippen LogP contribution < -0.4 is 16.6 Å². The number of nitrogens with two attached hydrogens (primary N) is 1. The number of rotatable bonds is 6. The number of hydrogen-bond donors (Lipinski definition) is 3. The van der Waals surface area contributed by atoms with E-state index in [-0.39, 0.29) is 29.4 Å². The summed E-state index contributed by atoms with van der Waals surface area (Å²) in [4.78, 5) is 44.9. The number of amides is 2. The summed E-state index contributed by atoms with van der Waals surface area (Å²) in [5.41, 5.74) is 5.36. The highest BCUT2D eigenvalue weighted by Crippen LogP contribution is 2.38. The van der Waals surface area contributed by atoms with Crippen LogP contribution >= 0.6 is 0 Å². The third kappa shape index (κ3) is 4.10. The molecule has 1 aromatic rings. The second-order valence-electron chi connectivity index (χ2n) is 7.96. The second kappa shape index (κ2) is 8.16. The summed E-state index contributed by atoms with van der Waals surface area (Å²) in [6, 6.07) is 2.92. The van der Waals surface area contributed by atoms with Crippen molar-refractivity contribution in [2.24, 2.45) is 16.6 Å². The molecule has 0 bridgehead atoms. The Labute approximate surface area is 164 Å². The molecule has 0 saturated heterocycles. The lowest BCUT2D eigenvalue weighted by atomic mass is 9.76. The van der Waals surface area contributed by atoms with E-state index in [1.54, 1.807) is 7.05 Å². The number of aliphatic imine (C=N–C) groups is 1. The van der Waals surface area contributed by atoms with E-state index in [0.29, 0.717) is 24.3 Å². The van der Waals surface area contributed by atoms with Crippen molar-refractivity contribution in [3.63, 3.8) is 0 Å².